The van der Waals surface area contributed by atoms with Gasteiger partial charge in [-0.25, -0.2) is 0 Å². The highest BCUT2D eigenvalue weighted by molar-refractivity contribution is 5.82. The lowest BCUT2D eigenvalue weighted by atomic mass is 9.54. The summed E-state index contributed by atoms with van der Waals surface area (Å²) in [7, 11) is 0. The number of amides is 1. The van der Waals surface area contributed by atoms with E-state index in [1.165, 1.54) is 32.1 Å². The van der Waals surface area contributed by atoms with Gasteiger partial charge in [0.05, 0.1) is 6.04 Å². The maximum Gasteiger partial charge on any atom is 0.237 e. The molecule has 5 rings (SSSR count). The van der Waals surface area contributed by atoms with Crippen molar-refractivity contribution < 1.29 is 4.79 Å². The van der Waals surface area contributed by atoms with E-state index in [0.717, 1.165) is 43.1 Å². The summed E-state index contributed by atoms with van der Waals surface area (Å²) in [6.07, 6.45) is 9.39. The summed E-state index contributed by atoms with van der Waals surface area (Å²) in [5, 5.41) is 6.74. The standard InChI is InChI=1S/C15H24N2O/c18-15-13(2-1-3-16-15)17-14-11-5-9-4-10(7-11)8-12(14)6-9/h9-14,17H,1-8H2,(H,16,18). The molecule has 0 aromatic heterocycles. The second-order valence-corrected chi connectivity index (χ2v) is 7.11. The Morgan fingerprint density at radius 2 is 1.67 bits per heavy atom. The number of hydrogen-bond acceptors (Lipinski definition) is 2. The lowest BCUT2D eigenvalue weighted by Crippen LogP contribution is -2.60. The lowest BCUT2D eigenvalue weighted by Gasteiger charge is -2.55. The van der Waals surface area contributed by atoms with Crippen LogP contribution in [0.3, 0.4) is 0 Å². The molecule has 4 bridgehead atoms. The number of rotatable bonds is 2. The number of carbonyl (C=O) groups excluding carboxylic acids is 1. The molecule has 1 heterocycles. The van der Waals surface area contributed by atoms with Gasteiger partial charge in [0.2, 0.25) is 5.91 Å². The summed E-state index contributed by atoms with van der Waals surface area (Å²) in [6.45, 7) is 0.874. The number of hydrogen-bond donors (Lipinski definition) is 2. The van der Waals surface area contributed by atoms with Gasteiger partial charge in [-0.05, 0) is 68.6 Å². The Kier molecular flexibility index (Phi) is 2.65. The molecule has 2 N–H and O–H groups in total. The molecular formula is C15H24N2O. The van der Waals surface area contributed by atoms with Crippen LogP contribution in [0.1, 0.15) is 44.9 Å². The van der Waals surface area contributed by atoms with Crippen LogP contribution in [-0.4, -0.2) is 24.5 Å². The molecule has 100 valence electrons. The van der Waals surface area contributed by atoms with Gasteiger partial charge in [0.1, 0.15) is 0 Å². The Morgan fingerprint density at radius 1 is 1.00 bits per heavy atom. The van der Waals surface area contributed by atoms with Crippen LogP contribution in [0.4, 0.5) is 0 Å². The Balaban J connectivity index is 1.46. The van der Waals surface area contributed by atoms with E-state index in [4.69, 9.17) is 0 Å². The second-order valence-electron chi connectivity index (χ2n) is 7.11. The summed E-state index contributed by atoms with van der Waals surface area (Å²) >= 11 is 0. The molecule has 4 saturated carbocycles. The van der Waals surface area contributed by atoms with Crippen molar-refractivity contribution in [1.29, 1.82) is 0 Å². The monoisotopic (exact) mass is 248 g/mol. The first-order chi connectivity index (χ1) is 8.79. The van der Waals surface area contributed by atoms with Crippen LogP contribution < -0.4 is 10.6 Å². The maximum atomic E-state index is 11.9. The zero-order chi connectivity index (χ0) is 12.1. The fraction of sp³-hybridized carbons (Fsp3) is 0.933. The van der Waals surface area contributed by atoms with Gasteiger partial charge in [-0.3, -0.25) is 4.79 Å². The van der Waals surface area contributed by atoms with Gasteiger partial charge < -0.3 is 10.6 Å². The molecule has 1 unspecified atom stereocenters. The van der Waals surface area contributed by atoms with Gasteiger partial charge in [0.15, 0.2) is 0 Å². The molecule has 1 aliphatic heterocycles. The average molecular weight is 248 g/mol. The Bertz CT molecular complexity index is 326. The fourth-order valence-electron chi connectivity index (χ4n) is 5.36. The minimum Gasteiger partial charge on any atom is -0.355 e. The van der Waals surface area contributed by atoms with Crippen LogP contribution in [0.15, 0.2) is 0 Å². The van der Waals surface area contributed by atoms with Crippen molar-refractivity contribution in [2.75, 3.05) is 6.54 Å². The van der Waals surface area contributed by atoms with Crippen molar-refractivity contribution in [2.45, 2.75) is 57.0 Å². The Labute approximate surface area is 109 Å². The van der Waals surface area contributed by atoms with E-state index in [9.17, 15) is 4.79 Å². The van der Waals surface area contributed by atoms with Gasteiger partial charge in [-0.1, -0.05) is 0 Å². The van der Waals surface area contributed by atoms with Crippen LogP contribution in [-0.2, 0) is 4.79 Å². The van der Waals surface area contributed by atoms with Gasteiger partial charge in [-0.2, -0.15) is 0 Å². The van der Waals surface area contributed by atoms with E-state index < -0.39 is 0 Å². The third-order valence-electron chi connectivity index (χ3n) is 5.91. The summed E-state index contributed by atoms with van der Waals surface area (Å²) in [5.74, 6) is 4.03. The van der Waals surface area contributed by atoms with E-state index in [2.05, 4.69) is 10.6 Å². The third-order valence-corrected chi connectivity index (χ3v) is 5.91. The summed E-state index contributed by atoms with van der Waals surface area (Å²) in [6, 6.07) is 0.743. The fourth-order valence-corrected chi connectivity index (χ4v) is 5.36. The minimum atomic E-state index is 0.0984. The van der Waals surface area contributed by atoms with Crippen LogP contribution in [0.5, 0.6) is 0 Å². The van der Waals surface area contributed by atoms with Crippen molar-refractivity contribution in [3.8, 4) is 0 Å². The average Bonchev–Trinajstić information content (AvgIpc) is 2.35. The molecule has 3 nitrogen and oxygen atoms in total. The van der Waals surface area contributed by atoms with Crippen molar-refractivity contribution in [3.63, 3.8) is 0 Å². The van der Waals surface area contributed by atoms with Crippen LogP contribution in [0.25, 0.3) is 0 Å². The molecule has 0 aromatic carbocycles. The topological polar surface area (TPSA) is 41.1 Å². The molecule has 1 amide bonds. The highest BCUT2D eigenvalue weighted by Gasteiger charge is 2.48. The molecular weight excluding hydrogens is 224 g/mol. The van der Waals surface area contributed by atoms with Gasteiger partial charge >= 0.3 is 0 Å². The predicted molar refractivity (Wildman–Crippen MR) is 70.0 cm³/mol. The predicted octanol–water partition coefficient (Wildman–Crippen LogP) is 1.68. The van der Waals surface area contributed by atoms with Crippen LogP contribution >= 0.6 is 0 Å². The van der Waals surface area contributed by atoms with E-state index >= 15 is 0 Å². The normalized spacial score (nSPS) is 50.3. The van der Waals surface area contributed by atoms with E-state index in [-0.39, 0.29) is 11.9 Å². The summed E-state index contributed by atoms with van der Waals surface area (Å²) in [4.78, 5) is 11.9. The lowest BCUT2D eigenvalue weighted by molar-refractivity contribution is -0.125. The minimum absolute atomic E-state index is 0.0984. The first-order valence-corrected chi connectivity index (χ1v) is 7.83. The molecule has 0 aromatic rings. The largest absolute Gasteiger partial charge is 0.355 e. The highest BCUT2D eigenvalue weighted by Crippen LogP contribution is 2.53. The van der Waals surface area contributed by atoms with E-state index in [1.807, 2.05) is 0 Å². The quantitative estimate of drug-likeness (QED) is 0.780. The number of carbonyl (C=O) groups is 1. The summed E-state index contributed by atoms with van der Waals surface area (Å²) < 4.78 is 0. The first kappa shape index (κ1) is 11.3. The zero-order valence-electron chi connectivity index (χ0n) is 11.0. The molecule has 0 spiro atoms. The van der Waals surface area contributed by atoms with Crippen molar-refractivity contribution >= 4 is 5.91 Å². The van der Waals surface area contributed by atoms with Crippen LogP contribution in [0.2, 0.25) is 0 Å². The first-order valence-electron chi connectivity index (χ1n) is 7.83. The van der Waals surface area contributed by atoms with Crippen molar-refractivity contribution in [3.05, 3.63) is 0 Å². The third kappa shape index (κ3) is 1.78. The molecule has 0 radical (unpaired) electrons. The van der Waals surface area contributed by atoms with Gasteiger partial charge in [-0.15, -0.1) is 0 Å². The second kappa shape index (κ2) is 4.22. The molecule has 1 atom stereocenters. The highest BCUT2D eigenvalue weighted by atomic mass is 16.2. The Hall–Kier alpha value is -0.570. The van der Waals surface area contributed by atoms with E-state index in [0.29, 0.717) is 6.04 Å². The molecule has 3 heteroatoms. The van der Waals surface area contributed by atoms with Crippen LogP contribution in [0, 0.1) is 23.7 Å². The maximum absolute atomic E-state index is 11.9. The van der Waals surface area contributed by atoms with Crippen molar-refractivity contribution in [1.82, 2.24) is 10.6 Å². The molecule has 5 aliphatic rings. The zero-order valence-corrected chi connectivity index (χ0v) is 11.0. The van der Waals surface area contributed by atoms with Gasteiger partial charge in [0.25, 0.3) is 0 Å². The summed E-state index contributed by atoms with van der Waals surface area (Å²) in [5.41, 5.74) is 0. The number of nitrogens with one attached hydrogen (secondary N) is 2. The smallest absolute Gasteiger partial charge is 0.237 e. The molecule has 4 aliphatic carbocycles. The molecule has 1 saturated heterocycles. The molecule has 18 heavy (non-hydrogen) atoms. The number of piperidine rings is 1. The van der Waals surface area contributed by atoms with Crippen molar-refractivity contribution in [2.24, 2.45) is 23.7 Å². The van der Waals surface area contributed by atoms with E-state index in [1.54, 1.807) is 0 Å². The SMILES string of the molecule is O=C1NCCCC1NC1C2CC3CC(C2)CC1C3. The molecule has 5 fully saturated rings. The van der Waals surface area contributed by atoms with Gasteiger partial charge in [0, 0.05) is 12.6 Å². The Morgan fingerprint density at radius 3 is 2.28 bits per heavy atom.